The van der Waals surface area contributed by atoms with Gasteiger partial charge in [-0.05, 0) is 32.4 Å². The van der Waals surface area contributed by atoms with Crippen LogP contribution in [0.4, 0.5) is 11.6 Å². The molecule has 1 aromatic heterocycles. The van der Waals surface area contributed by atoms with Crippen LogP contribution < -0.4 is 16.6 Å². The third-order valence-corrected chi connectivity index (χ3v) is 3.74. The predicted octanol–water partition coefficient (Wildman–Crippen LogP) is 1.05. The predicted molar refractivity (Wildman–Crippen MR) is 83.9 cm³/mol. The number of nitrogens with zero attached hydrogens (tertiary/aromatic N) is 3. The number of rotatable bonds is 8. The molecule has 7 heteroatoms. The topological polar surface area (TPSA) is 88.3 Å². The zero-order valence-corrected chi connectivity index (χ0v) is 12.9. The number of likely N-dealkylation sites (tertiary alicyclic amines) is 1. The summed E-state index contributed by atoms with van der Waals surface area (Å²) >= 11 is 0. The molecule has 1 aromatic rings. The Morgan fingerprint density at radius 1 is 1.38 bits per heavy atom. The van der Waals surface area contributed by atoms with Gasteiger partial charge in [0.15, 0.2) is 5.82 Å². The third kappa shape index (κ3) is 4.80. The van der Waals surface area contributed by atoms with Crippen LogP contribution in [0.5, 0.6) is 0 Å². The molecule has 2 rings (SSSR count). The van der Waals surface area contributed by atoms with E-state index < -0.39 is 0 Å². The summed E-state index contributed by atoms with van der Waals surface area (Å²) in [6.45, 7) is 9.59. The van der Waals surface area contributed by atoms with E-state index in [1.807, 2.05) is 13.0 Å². The van der Waals surface area contributed by atoms with Crippen molar-refractivity contribution in [1.82, 2.24) is 14.9 Å². The van der Waals surface area contributed by atoms with Crippen LogP contribution in [0.3, 0.4) is 0 Å². The highest BCUT2D eigenvalue weighted by atomic mass is 16.5. The molecule has 0 bridgehead atoms. The van der Waals surface area contributed by atoms with Gasteiger partial charge in [0.1, 0.15) is 18.2 Å². The number of hydrogen-bond donors (Lipinski definition) is 3. The van der Waals surface area contributed by atoms with Crippen LogP contribution in [0, 0.1) is 5.92 Å². The molecule has 1 fully saturated rings. The van der Waals surface area contributed by atoms with Crippen molar-refractivity contribution in [2.24, 2.45) is 11.8 Å². The second kappa shape index (κ2) is 8.11. The second-order valence-corrected chi connectivity index (χ2v) is 5.26. The van der Waals surface area contributed by atoms with Crippen LogP contribution in [0.2, 0.25) is 0 Å². The lowest BCUT2D eigenvalue weighted by molar-refractivity contribution is 0.128. The summed E-state index contributed by atoms with van der Waals surface area (Å²) in [5, 5.41) is 3.39. The Hall–Kier alpha value is -1.44. The number of aromatic nitrogens is 2. The number of hydrogen-bond acceptors (Lipinski definition) is 7. The molecule has 1 atom stereocenters. The number of anilines is 2. The van der Waals surface area contributed by atoms with E-state index in [4.69, 9.17) is 10.6 Å². The Labute approximate surface area is 126 Å². The minimum absolute atomic E-state index is 0.397. The van der Waals surface area contributed by atoms with E-state index in [1.165, 1.54) is 13.0 Å². The quantitative estimate of drug-likeness (QED) is 0.488. The second-order valence-electron chi connectivity index (χ2n) is 5.26. The molecule has 4 N–H and O–H groups in total. The van der Waals surface area contributed by atoms with Gasteiger partial charge in [-0.1, -0.05) is 6.92 Å². The van der Waals surface area contributed by atoms with Crippen LogP contribution in [0.1, 0.15) is 26.1 Å². The van der Waals surface area contributed by atoms with Gasteiger partial charge in [0.05, 0.1) is 0 Å². The molecule has 1 aliphatic heterocycles. The average molecular weight is 294 g/mol. The van der Waals surface area contributed by atoms with E-state index in [0.29, 0.717) is 30.8 Å². The smallest absolute Gasteiger partial charge is 0.158 e. The van der Waals surface area contributed by atoms with Crippen LogP contribution in [-0.4, -0.2) is 47.7 Å². The fourth-order valence-corrected chi connectivity index (χ4v) is 2.54. The number of hydrazine groups is 1. The fourth-order valence-electron chi connectivity index (χ4n) is 2.54. The van der Waals surface area contributed by atoms with Crippen LogP contribution in [0.15, 0.2) is 6.07 Å². The van der Waals surface area contributed by atoms with E-state index in [1.54, 1.807) is 0 Å². The lowest BCUT2D eigenvalue weighted by atomic mass is 10.1. The lowest BCUT2D eigenvalue weighted by Crippen LogP contribution is -2.23. The summed E-state index contributed by atoms with van der Waals surface area (Å²) in [7, 11) is 0. The normalized spacial score (nSPS) is 18.9. The summed E-state index contributed by atoms with van der Waals surface area (Å²) in [4.78, 5) is 11.2. The summed E-state index contributed by atoms with van der Waals surface area (Å²) in [5.74, 6) is 8.16. The highest BCUT2D eigenvalue weighted by molar-refractivity contribution is 5.46. The van der Waals surface area contributed by atoms with E-state index in [0.717, 1.165) is 25.5 Å². The van der Waals surface area contributed by atoms with Crippen molar-refractivity contribution in [1.29, 1.82) is 0 Å². The Morgan fingerprint density at radius 2 is 2.19 bits per heavy atom. The monoisotopic (exact) mass is 294 g/mol. The van der Waals surface area contributed by atoms with Crippen LogP contribution >= 0.6 is 0 Å². The summed E-state index contributed by atoms with van der Waals surface area (Å²) in [5.41, 5.74) is 2.57. The van der Waals surface area contributed by atoms with Gasteiger partial charge in [-0.3, -0.25) is 0 Å². The van der Waals surface area contributed by atoms with E-state index in [-0.39, 0.29) is 0 Å². The van der Waals surface area contributed by atoms with Gasteiger partial charge in [0.25, 0.3) is 0 Å². The largest absolute Gasteiger partial charge is 0.374 e. The maximum Gasteiger partial charge on any atom is 0.158 e. The van der Waals surface area contributed by atoms with Crippen molar-refractivity contribution in [3.63, 3.8) is 0 Å². The first-order valence-corrected chi connectivity index (χ1v) is 7.63. The summed E-state index contributed by atoms with van der Waals surface area (Å²) in [6, 6.07) is 1.82. The molecule has 0 amide bonds. The first-order chi connectivity index (χ1) is 10.2. The van der Waals surface area contributed by atoms with Crippen LogP contribution in [-0.2, 0) is 11.3 Å². The van der Waals surface area contributed by atoms with Crippen LogP contribution in [0.25, 0.3) is 0 Å². The molecule has 1 unspecified atom stereocenters. The minimum Gasteiger partial charge on any atom is -0.374 e. The van der Waals surface area contributed by atoms with Crippen molar-refractivity contribution < 1.29 is 4.74 Å². The molecule has 0 radical (unpaired) electrons. The van der Waals surface area contributed by atoms with Crippen molar-refractivity contribution in [2.75, 3.05) is 43.5 Å². The van der Waals surface area contributed by atoms with Crippen molar-refractivity contribution >= 4 is 11.6 Å². The van der Waals surface area contributed by atoms with Gasteiger partial charge in [-0.2, -0.15) is 0 Å². The van der Waals surface area contributed by atoms with Gasteiger partial charge in [0, 0.05) is 25.8 Å². The molecule has 2 heterocycles. The number of ether oxygens (including phenoxy) is 1. The maximum atomic E-state index is 5.46. The minimum atomic E-state index is 0.397. The van der Waals surface area contributed by atoms with Gasteiger partial charge < -0.3 is 20.4 Å². The Kier molecular flexibility index (Phi) is 6.16. The maximum absolute atomic E-state index is 5.46. The fraction of sp³-hybridized carbons (Fsp3) is 0.714. The van der Waals surface area contributed by atoms with Crippen molar-refractivity contribution in [3.05, 3.63) is 11.9 Å². The highest BCUT2D eigenvalue weighted by Crippen LogP contribution is 2.17. The molecule has 118 valence electrons. The van der Waals surface area contributed by atoms with Crippen molar-refractivity contribution in [2.45, 2.75) is 26.9 Å². The van der Waals surface area contributed by atoms with Gasteiger partial charge in [-0.25, -0.2) is 15.8 Å². The Balaban J connectivity index is 1.92. The number of nitrogen functional groups attached to an aromatic ring is 1. The van der Waals surface area contributed by atoms with E-state index in [2.05, 4.69) is 32.5 Å². The number of nitrogens with one attached hydrogen (secondary N) is 2. The standard InChI is InChI=1S/C14H26N6O/c1-3-20-6-5-11(9-20)8-16-12-7-13(19-15)18-14(17-12)10-21-4-2/h7,11H,3-6,8-10,15H2,1-2H3,(H2,16,17,18,19). The summed E-state index contributed by atoms with van der Waals surface area (Å²) in [6.07, 6.45) is 1.24. The SMILES string of the molecule is CCOCc1nc(NN)cc(NCC2CCN(CC)C2)n1. The lowest BCUT2D eigenvalue weighted by Gasteiger charge is -2.15. The zero-order chi connectivity index (χ0) is 15.1. The molecule has 21 heavy (non-hydrogen) atoms. The highest BCUT2D eigenvalue weighted by Gasteiger charge is 2.20. The molecular formula is C14H26N6O. The molecule has 1 saturated heterocycles. The van der Waals surface area contributed by atoms with Gasteiger partial charge in [-0.15, -0.1) is 0 Å². The molecule has 0 saturated carbocycles. The first-order valence-electron chi connectivity index (χ1n) is 7.63. The molecule has 7 nitrogen and oxygen atoms in total. The number of nitrogens with two attached hydrogens (primary N) is 1. The van der Waals surface area contributed by atoms with Gasteiger partial charge in [0.2, 0.25) is 0 Å². The average Bonchev–Trinajstić information content (AvgIpc) is 2.98. The van der Waals surface area contributed by atoms with Crippen molar-refractivity contribution in [3.8, 4) is 0 Å². The molecule has 1 aliphatic rings. The van der Waals surface area contributed by atoms with E-state index in [9.17, 15) is 0 Å². The Bertz CT molecular complexity index is 441. The third-order valence-electron chi connectivity index (χ3n) is 3.74. The molecule has 0 spiro atoms. The molecule has 0 aliphatic carbocycles. The molecule has 0 aromatic carbocycles. The molecular weight excluding hydrogens is 268 g/mol. The van der Waals surface area contributed by atoms with E-state index >= 15 is 0 Å². The summed E-state index contributed by atoms with van der Waals surface area (Å²) < 4.78 is 5.35. The first kappa shape index (κ1) is 15.9. The van der Waals surface area contributed by atoms with Gasteiger partial charge >= 0.3 is 0 Å². The zero-order valence-electron chi connectivity index (χ0n) is 12.9. The Morgan fingerprint density at radius 3 is 2.86 bits per heavy atom.